The lowest BCUT2D eigenvalue weighted by atomic mass is 10.4. The third kappa shape index (κ3) is 2.77. The molecule has 0 saturated carbocycles. The van der Waals surface area contributed by atoms with E-state index >= 15 is 0 Å². The molecule has 0 fully saturated rings. The van der Waals surface area contributed by atoms with E-state index in [-0.39, 0.29) is 14.9 Å². The first kappa shape index (κ1) is 14.0. The minimum Gasteiger partial charge on any atom is -0.477 e. The molecule has 0 bridgehead atoms. The van der Waals surface area contributed by atoms with E-state index in [0.29, 0.717) is 0 Å². The molecule has 2 rings (SSSR count). The molecule has 0 aliphatic carbocycles. The largest absolute Gasteiger partial charge is 0.477 e. The molecule has 6 nitrogen and oxygen atoms in total. The van der Waals surface area contributed by atoms with Crippen molar-refractivity contribution in [2.45, 2.75) is 18.7 Å². The number of hydrogen-bond acceptors (Lipinski definition) is 6. The third-order valence-electron chi connectivity index (χ3n) is 2.36. The number of nitrogens with one attached hydrogen (secondary N) is 1. The number of carboxylic acid groups (broad SMARTS) is 1. The van der Waals surface area contributed by atoms with Gasteiger partial charge in [0.15, 0.2) is 5.13 Å². The van der Waals surface area contributed by atoms with Gasteiger partial charge in [-0.15, -0.1) is 22.7 Å². The second-order valence-corrected chi connectivity index (χ2v) is 7.46. The van der Waals surface area contributed by atoms with Crippen molar-refractivity contribution in [1.29, 1.82) is 0 Å². The van der Waals surface area contributed by atoms with Gasteiger partial charge in [-0.25, -0.2) is 18.2 Å². The Bertz CT molecular complexity index is 710. The lowest BCUT2D eigenvalue weighted by Crippen LogP contribution is -2.15. The molecule has 0 spiro atoms. The number of aromatic carboxylic acids is 1. The molecule has 2 aromatic rings. The molecule has 2 aromatic heterocycles. The number of thiazole rings is 1. The molecule has 0 saturated heterocycles. The van der Waals surface area contributed by atoms with Crippen molar-refractivity contribution in [1.82, 2.24) is 4.98 Å². The number of sulfonamides is 1. The lowest BCUT2D eigenvalue weighted by molar-refractivity contribution is 0.0698. The Hall–Kier alpha value is -1.45. The predicted octanol–water partition coefficient (Wildman–Crippen LogP) is 2.32. The SMILES string of the molecule is Cc1nc(NS(=O)(=O)c2ccsc2C(=O)O)sc1C. The van der Waals surface area contributed by atoms with E-state index in [9.17, 15) is 13.2 Å². The quantitative estimate of drug-likeness (QED) is 0.902. The second-order valence-electron chi connectivity index (χ2n) is 3.69. The number of aryl methyl sites for hydroxylation is 2. The first-order valence-corrected chi connectivity index (χ1v) is 8.27. The number of anilines is 1. The normalized spacial score (nSPS) is 11.5. The van der Waals surface area contributed by atoms with Crippen molar-refractivity contribution in [3.05, 3.63) is 26.9 Å². The molecule has 0 unspecified atom stereocenters. The Morgan fingerprint density at radius 3 is 2.63 bits per heavy atom. The smallest absolute Gasteiger partial charge is 0.347 e. The van der Waals surface area contributed by atoms with Crippen LogP contribution in [0.15, 0.2) is 16.3 Å². The average molecular weight is 318 g/mol. The van der Waals surface area contributed by atoms with Crippen molar-refractivity contribution >= 4 is 43.8 Å². The van der Waals surface area contributed by atoms with Gasteiger partial charge in [-0.2, -0.15) is 0 Å². The van der Waals surface area contributed by atoms with Crippen LogP contribution in [0.4, 0.5) is 5.13 Å². The van der Waals surface area contributed by atoms with Crippen LogP contribution in [-0.4, -0.2) is 24.5 Å². The highest BCUT2D eigenvalue weighted by atomic mass is 32.2. The number of nitrogens with zero attached hydrogens (tertiary/aromatic N) is 1. The Kier molecular flexibility index (Phi) is 3.61. The molecule has 0 amide bonds. The standard InChI is InChI=1S/C10H10N2O4S3/c1-5-6(2)18-10(11-5)12-19(15,16)7-3-4-17-8(7)9(13)14/h3-4H,1-2H3,(H,11,12)(H,13,14). The van der Waals surface area contributed by atoms with Crippen LogP contribution in [0.5, 0.6) is 0 Å². The summed E-state index contributed by atoms with van der Waals surface area (Å²) in [6, 6.07) is 1.27. The molecule has 0 atom stereocenters. The van der Waals surface area contributed by atoms with Crippen LogP contribution in [0.1, 0.15) is 20.2 Å². The lowest BCUT2D eigenvalue weighted by Gasteiger charge is -2.03. The van der Waals surface area contributed by atoms with Crippen LogP contribution >= 0.6 is 22.7 Å². The van der Waals surface area contributed by atoms with E-state index in [1.165, 1.54) is 22.8 Å². The maximum absolute atomic E-state index is 12.1. The number of thiophene rings is 1. The van der Waals surface area contributed by atoms with Crippen LogP contribution in [-0.2, 0) is 10.0 Å². The summed E-state index contributed by atoms with van der Waals surface area (Å²) in [5.74, 6) is -1.26. The number of aromatic nitrogens is 1. The van der Waals surface area contributed by atoms with Crippen molar-refractivity contribution in [2.75, 3.05) is 4.72 Å². The van der Waals surface area contributed by atoms with Gasteiger partial charge in [-0.1, -0.05) is 0 Å². The zero-order valence-corrected chi connectivity index (χ0v) is 12.4. The van der Waals surface area contributed by atoms with E-state index in [1.54, 1.807) is 6.92 Å². The minimum absolute atomic E-state index is 0.211. The fourth-order valence-electron chi connectivity index (χ4n) is 1.35. The van der Waals surface area contributed by atoms with Gasteiger partial charge in [0.1, 0.15) is 9.77 Å². The molecule has 19 heavy (non-hydrogen) atoms. The fraction of sp³-hybridized carbons (Fsp3) is 0.200. The van der Waals surface area contributed by atoms with Crippen molar-refractivity contribution in [3.63, 3.8) is 0 Å². The maximum atomic E-state index is 12.1. The van der Waals surface area contributed by atoms with Crippen LogP contribution in [0.3, 0.4) is 0 Å². The fourth-order valence-corrected chi connectivity index (χ4v) is 4.66. The summed E-state index contributed by atoms with van der Waals surface area (Å²) < 4.78 is 26.5. The maximum Gasteiger partial charge on any atom is 0.347 e. The van der Waals surface area contributed by atoms with Gasteiger partial charge in [0.25, 0.3) is 10.0 Å². The average Bonchev–Trinajstić information content (AvgIpc) is 2.86. The molecule has 0 radical (unpaired) electrons. The van der Waals surface area contributed by atoms with E-state index in [4.69, 9.17) is 5.11 Å². The van der Waals surface area contributed by atoms with Crippen molar-refractivity contribution < 1.29 is 18.3 Å². The molecule has 0 aliphatic rings. The molecule has 0 aliphatic heterocycles. The van der Waals surface area contributed by atoms with Crippen molar-refractivity contribution in [2.24, 2.45) is 0 Å². The first-order chi connectivity index (χ1) is 8.81. The Labute approximate surface area is 117 Å². The number of hydrogen-bond donors (Lipinski definition) is 2. The van der Waals surface area contributed by atoms with Gasteiger partial charge in [0, 0.05) is 4.88 Å². The summed E-state index contributed by atoms with van der Waals surface area (Å²) in [4.78, 5) is 15.5. The molecule has 102 valence electrons. The topological polar surface area (TPSA) is 96.4 Å². The van der Waals surface area contributed by atoms with Crippen LogP contribution < -0.4 is 4.72 Å². The summed E-state index contributed by atoms with van der Waals surface area (Å²) >= 11 is 2.08. The van der Waals surface area contributed by atoms with Gasteiger partial charge in [-0.05, 0) is 25.3 Å². The molecular formula is C10H10N2O4S3. The van der Waals surface area contributed by atoms with Crippen LogP contribution in [0.25, 0.3) is 0 Å². The summed E-state index contributed by atoms with van der Waals surface area (Å²) in [6.07, 6.45) is 0. The highest BCUT2D eigenvalue weighted by Crippen LogP contribution is 2.27. The minimum atomic E-state index is -3.92. The number of carboxylic acids is 1. The monoisotopic (exact) mass is 318 g/mol. The highest BCUT2D eigenvalue weighted by molar-refractivity contribution is 7.93. The number of carbonyl (C=O) groups is 1. The van der Waals surface area contributed by atoms with Gasteiger partial charge in [-0.3, -0.25) is 4.72 Å². The summed E-state index contributed by atoms with van der Waals surface area (Å²) in [7, 11) is -3.92. The Morgan fingerprint density at radius 2 is 2.11 bits per heavy atom. The van der Waals surface area contributed by atoms with Crippen LogP contribution in [0, 0.1) is 13.8 Å². The highest BCUT2D eigenvalue weighted by Gasteiger charge is 2.24. The molecule has 9 heteroatoms. The van der Waals surface area contributed by atoms with Crippen LogP contribution in [0.2, 0.25) is 0 Å². The predicted molar refractivity (Wildman–Crippen MR) is 73.7 cm³/mol. The van der Waals surface area contributed by atoms with Gasteiger partial charge in [0.05, 0.1) is 5.69 Å². The van der Waals surface area contributed by atoms with E-state index < -0.39 is 16.0 Å². The van der Waals surface area contributed by atoms with Gasteiger partial charge >= 0.3 is 5.97 Å². The number of rotatable bonds is 4. The first-order valence-electron chi connectivity index (χ1n) is 5.09. The summed E-state index contributed by atoms with van der Waals surface area (Å²) in [5, 5.41) is 10.6. The van der Waals surface area contributed by atoms with Gasteiger partial charge < -0.3 is 5.11 Å². The van der Waals surface area contributed by atoms with Crippen molar-refractivity contribution in [3.8, 4) is 0 Å². The summed E-state index contributed by atoms with van der Waals surface area (Å²) in [6.45, 7) is 3.61. The second kappa shape index (κ2) is 4.91. The Balaban J connectivity index is 2.38. The Morgan fingerprint density at radius 1 is 1.42 bits per heavy atom. The van der Waals surface area contributed by atoms with E-state index in [2.05, 4.69) is 9.71 Å². The third-order valence-corrected chi connectivity index (χ3v) is 5.89. The summed E-state index contributed by atoms with van der Waals surface area (Å²) in [5.41, 5.74) is 0.742. The zero-order valence-electron chi connectivity index (χ0n) is 10.00. The van der Waals surface area contributed by atoms with Gasteiger partial charge in [0.2, 0.25) is 0 Å². The molecule has 2 N–H and O–H groups in total. The van der Waals surface area contributed by atoms with E-state index in [0.717, 1.165) is 21.9 Å². The molecule has 0 aromatic carbocycles. The zero-order chi connectivity index (χ0) is 14.2. The molecule has 2 heterocycles. The van der Waals surface area contributed by atoms with E-state index in [1.807, 2.05) is 6.92 Å². The molecular weight excluding hydrogens is 308 g/mol.